The third-order valence-corrected chi connectivity index (χ3v) is 1.59. The predicted molar refractivity (Wildman–Crippen MR) is 52.7 cm³/mol. The lowest BCUT2D eigenvalue weighted by Gasteiger charge is -2.20. The Morgan fingerprint density at radius 3 is 1.38 bits per heavy atom. The van der Waals surface area contributed by atoms with Crippen LogP contribution in [0, 0.1) is 5.92 Å². The van der Waals surface area contributed by atoms with Crippen LogP contribution >= 0.6 is 0 Å². The van der Waals surface area contributed by atoms with Gasteiger partial charge < -0.3 is 14.2 Å². The molecule has 0 aromatic carbocycles. The van der Waals surface area contributed by atoms with Crippen LogP contribution in [-0.2, 0) is 14.2 Å². The van der Waals surface area contributed by atoms with Gasteiger partial charge in [0.15, 0.2) is 6.29 Å². The van der Waals surface area contributed by atoms with Crippen LogP contribution in [0.4, 0.5) is 0 Å². The van der Waals surface area contributed by atoms with Crippen LogP contribution in [-0.4, -0.2) is 32.7 Å². The molecule has 0 aromatic rings. The van der Waals surface area contributed by atoms with Crippen LogP contribution in [0.15, 0.2) is 0 Å². The molecule has 0 atom stereocenters. The number of ether oxygens (including phenoxy) is 3. The minimum atomic E-state index is 0.0463. The van der Waals surface area contributed by atoms with Crippen LogP contribution in [0.25, 0.3) is 0 Å². The minimum absolute atomic E-state index is 0.0463. The smallest absolute Gasteiger partial charge is 0.155 e. The fourth-order valence-electron chi connectivity index (χ4n) is 0.830. The molecule has 0 radical (unpaired) electrons. The van der Waals surface area contributed by atoms with E-state index in [0.29, 0.717) is 0 Å². The van der Waals surface area contributed by atoms with Gasteiger partial charge >= 0.3 is 0 Å². The maximum atomic E-state index is 4.93. The third kappa shape index (κ3) is 6.99. The van der Waals surface area contributed by atoms with Crippen molar-refractivity contribution in [3.63, 3.8) is 0 Å². The highest BCUT2D eigenvalue weighted by atomic mass is 16.7. The molecule has 2 aliphatic rings. The van der Waals surface area contributed by atoms with Crippen molar-refractivity contribution in [2.75, 3.05) is 26.4 Å². The molecule has 0 unspecified atom stereocenters. The second-order valence-electron chi connectivity index (χ2n) is 2.95. The molecule has 2 aliphatic heterocycles. The second-order valence-corrected chi connectivity index (χ2v) is 2.95. The zero-order valence-corrected chi connectivity index (χ0v) is 9.21. The Bertz CT molecular complexity index is 96.3. The van der Waals surface area contributed by atoms with Gasteiger partial charge in [0.05, 0.1) is 26.4 Å². The molecule has 2 saturated heterocycles. The maximum Gasteiger partial charge on any atom is 0.155 e. The summed E-state index contributed by atoms with van der Waals surface area (Å²) in [7, 11) is 0. The summed E-state index contributed by atoms with van der Waals surface area (Å²) < 4.78 is 14.7. The molecule has 3 heteroatoms. The lowest BCUT2D eigenvalue weighted by atomic mass is 10.2. The van der Waals surface area contributed by atoms with Crippen molar-refractivity contribution in [2.24, 2.45) is 5.92 Å². The Morgan fingerprint density at radius 1 is 0.923 bits per heavy atom. The molecule has 0 aromatic heterocycles. The minimum Gasteiger partial charge on any atom is -0.381 e. The van der Waals surface area contributed by atoms with E-state index in [1.807, 2.05) is 20.8 Å². The van der Waals surface area contributed by atoms with E-state index in [-0.39, 0.29) is 6.29 Å². The lowest BCUT2D eigenvalue weighted by Crippen LogP contribution is -2.23. The van der Waals surface area contributed by atoms with Crippen molar-refractivity contribution in [2.45, 2.75) is 34.0 Å². The Labute approximate surface area is 81.4 Å². The van der Waals surface area contributed by atoms with Gasteiger partial charge in [0.25, 0.3) is 0 Å². The monoisotopic (exact) mass is 190 g/mol. The topological polar surface area (TPSA) is 27.7 Å². The molecule has 3 nitrogen and oxygen atoms in total. The van der Waals surface area contributed by atoms with Gasteiger partial charge in [0, 0.05) is 5.92 Å². The van der Waals surface area contributed by atoms with Crippen molar-refractivity contribution in [3.05, 3.63) is 0 Å². The molecule has 2 rings (SSSR count). The summed E-state index contributed by atoms with van der Waals surface area (Å²) in [5.74, 6) is 0.843. The highest BCUT2D eigenvalue weighted by Gasteiger charge is 2.09. The van der Waals surface area contributed by atoms with Crippen LogP contribution < -0.4 is 0 Å². The first-order valence-electron chi connectivity index (χ1n) is 5.10. The molecular weight excluding hydrogens is 168 g/mol. The number of hydrogen-bond donors (Lipinski definition) is 0. The SMILES string of the molecule is CC.CC1COC1.CC1OCCO1. The van der Waals surface area contributed by atoms with E-state index in [0.717, 1.165) is 32.3 Å². The van der Waals surface area contributed by atoms with E-state index in [1.54, 1.807) is 0 Å². The Hall–Kier alpha value is -0.120. The van der Waals surface area contributed by atoms with Gasteiger partial charge in [-0.1, -0.05) is 20.8 Å². The van der Waals surface area contributed by atoms with Gasteiger partial charge in [-0.25, -0.2) is 0 Å². The van der Waals surface area contributed by atoms with Crippen molar-refractivity contribution in [1.82, 2.24) is 0 Å². The van der Waals surface area contributed by atoms with E-state index in [1.165, 1.54) is 0 Å². The maximum absolute atomic E-state index is 4.93. The summed E-state index contributed by atoms with van der Waals surface area (Å²) in [5.41, 5.74) is 0. The second kappa shape index (κ2) is 8.48. The van der Waals surface area contributed by atoms with E-state index in [9.17, 15) is 0 Å². The van der Waals surface area contributed by atoms with Crippen LogP contribution in [0.2, 0.25) is 0 Å². The lowest BCUT2D eigenvalue weighted by molar-refractivity contribution is -0.0254. The fourth-order valence-corrected chi connectivity index (χ4v) is 0.830. The Morgan fingerprint density at radius 2 is 1.31 bits per heavy atom. The summed E-state index contributed by atoms with van der Waals surface area (Å²) in [4.78, 5) is 0. The normalized spacial score (nSPS) is 22.2. The largest absolute Gasteiger partial charge is 0.381 e. The molecule has 2 fully saturated rings. The van der Waals surface area contributed by atoms with Crippen LogP contribution in [0.3, 0.4) is 0 Å². The number of hydrogen-bond acceptors (Lipinski definition) is 3. The van der Waals surface area contributed by atoms with Gasteiger partial charge in [-0.05, 0) is 6.92 Å². The molecule has 0 amide bonds. The molecule has 0 spiro atoms. The van der Waals surface area contributed by atoms with Gasteiger partial charge in [-0.2, -0.15) is 0 Å². The number of rotatable bonds is 0. The van der Waals surface area contributed by atoms with Gasteiger partial charge in [0.1, 0.15) is 0 Å². The van der Waals surface area contributed by atoms with E-state index in [2.05, 4.69) is 6.92 Å². The molecule has 0 saturated carbocycles. The van der Waals surface area contributed by atoms with Crippen LogP contribution in [0.1, 0.15) is 27.7 Å². The summed E-state index contributed by atoms with van der Waals surface area (Å²) in [5, 5.41) is 0. The summed E-state index contributed by atoms with van der Waals surface area (Å²) in [6, 6.07) is 0. The first-order valence-corrected chi connectivity index (χ1v) is 5.10. The van der Waals surface area contributed by atoms with Crippen molar-refractivity contribution in [3.8, 4) is 0 Å². The van der Waals surface area contributed by atoms with Crippen molar-refractivity contribution < 1.29 is 14.2 Å². The zero-order chi connectivity index (χ0) is 10.1. The summed E-state index contributed by atoms with van der Waals surface area (Å²) in [6.07, 6.45) is 0.0463. The average molecular weight is 190 g/mol. The van der Waals surface area contributed by atoms with Crippen LogP contribution in [0.5, 0.6) is 0 Å². The first kappa shape index (κ1) is 12.9. The van der Waals surface area contributed by atoms with Crippen molar-refractivity contribution >= 4 is 0 Å². The molecule has 80 valence electrons. The highest BCUT2D eigenvalue weighted by molar-refractivity contribution is 4.56. The molecule has 2 heterocycles. The van der Waals surface area contributed by atoms with Gasteiger partial charge in [-0.3, -0.25) is 0 Å². The Balaban J connectivity index is 0.000000189. The predicted octanol–water partition coefficient (Wildman–Crippen LogP) is 2.06. The molecule has 0 aliphatic carbocycles. The van der Waals surface area contributed by atoms with E-state index in [4.69, 9.17) is 14.2 Å². The molecule has 13 heavy (non-hydrogen) atoms. The average Bonchev–Trinajstić information content (AvgIpc) is 2.57. The van der Waals surface area contributed by atoms with Crippen molar-refractivity contribution in [1.29, 1.82) is 0 Å². The molecule has 0 bridgehead atoms. The zero-order valence-electron chi connectivity index (χ0n) is 9.21. The standard InChI is InChI=1S/C4H8O2.C4H8O.C2H6/c1-4-5-2-3-6-4;1-4-2-5-3-4;1-2/h4H,2-3H2,1H3;4H,2-3H2,1H3;1-2H3. The summed E-state index contributed by atoms with van der Waals surface area (Å²) in [6.45, 7) is 11.6. The highest BCUT2D eigenvalue weighted by Crippen LogP contribution is 2.05. The van der Waals surface area contributed by atoms with Gasteiger partial charge in [-0.15, -0.1) is 0 Å². The fraction of sp³-hybridized carbons (Fsp3) is 1.00. The van der Waals surface area contributed by atoms with E-state index < -0.39 is 0 Å². The third-order valence-electron chi connectivity index (χ3n) is 1.59. The van der Waals surface area contributed by atoms with Gasteiger partial charge in [0.2, 0.25) is 0 Å². The van der Waals surface area contributed by atoms with E-state index >= 15 is 0 Å². The molecule has 0 N–H and O–H groups in total. The first-order chi connectivity index (χ1) is 6.29. The Kier molecular flexibility index (Phi) is 8.40. The molecular formula is C10H22O3. The quantitative estimate of drug-likeness (QED) is 0.585. The summed E-state index contributed by atoms with van der Waals surface area (Å²) >= 11 is 0.